The molecule has 7 heteroatoms. The maximum absolute atomic E-state index is 12.0. The zero-order valence-corrected chi connectivity index (χ0v) is 11.2. The van der Waals surface area contributed by atoms with Gasteiger partial charge >= 0.3 is 11.7 Å². The average molecular weight is 281 g/mol. The van der Waals surface area contributed by atoms with Crippen LogP contribution in [0.4, 0.5) is 5.69 Å². The third-order valence-electron chi connectivity index (χ3n) is 3.15. The fourth-order valence-electron chi connectivity index (χ4n) is 2.06. The molecule has 1 fully saturated rings. The lowest BCUT2D eigenvalue weighted by atomic mass is 10.2. The van der Waals surface area contributed by atoms with Gasteiger partial charge in [0.1, 0.15) is 12.2 Å². The van der Waals surface area contributed by atoms with Crippen molar-refractivity contribution in [3.05, 3.63) is 34.7 Å². The van der Waals surface area contributed by atoms with Crippen molar-refractivity contribution in [3.63, 3.8) is 0 Å². The minimum Gasteiger partial charge on any atom is -0.477 e. The number of likely N-dealkylation sites (N-methyl/N-ethyl adjacent to an activating group) is 1. The van der Waals surface area contributed by atoms with E-state index in [4.69, 9.17) is 14.7 Å². The quantitative estimate of drug-likeness (QED) is 0.822. The van der Waals surface area contributed by atoms with Gasteiger partial charge in [0.05, 0.1) is 11.5 Å². The van der Waals surface area contributed by atoms with Crippen LogP contribution in [0, 0.1) is 4.91 Å². The molecule has 0 radical (unpaired) electrons. The summed E-state index contributed by atoms with van der Waals surface area (Å²) in [7, 11) is 0. The second-order valence-corrected chi connectivity index (χ2v) is 4.34. The van der Waals surface area contributed by atoms with E-state index in [0.29, 0.717) is 13.2 Å². The fourth-order valence-corrected chi connectivity index (χ4v) is 2.06. The van der Waals surface area contributed by atoms with E-state index in [-0.39, 0.29) is 22.8 Å². The number of ether oxygens (including phenoxy) is 1. The lowest BCUT2D eigenvalue weighted by Gasteiger charge is -2.29. The molecular formula is C13H17N2O5+. The summed E-state index contributed by atoms with van der Waals surface area (Å²) in [6.45, 7) is 4.24. The van der Waals surface area contributed by atoms with Gasteiger partial charge in [-0.3, -0.25) is 4.90 Å². The van der Waals surface area contributed by atoms with Gasteiger partial charge in [-0.05, 0) is 12.6 Å². The number of hydrogen-bond donors (Lipinski definition) is 1. The van der Waals surface area contributed by atoms with E-state index < -0.39 is 12.2 Å². The van der Waals surface area contributed by atoms with Gasteiger partial charge in [0.2, 0.25) is 0 Å². The van der Waals surface area contributed by atoms with Gasteiger partial charge in [-0.15, -0.1) is 0 Å². The summed E-state index contributed by atoms with van der Waals surface area (Å²) < 4.78 is 5.28. The molecule has 0 spiro atoms. The summed E-state index contributed by atoms with van der Waals surface area (Å²) in [5.74, 6) is -1.17. The Labute approximate surface area is 116 Å². The predicted octanol–water partition coefficient (Wildman–Crippen LogP) is 1.40. The van der Waals surface area contributed by atoms with Crippen LogP contribution in [0.1, 0.15) is 17.3 Å². The summed E-state index contributed by atoms with van der Waals surface area (Å²) in [4.78, 5) is 30.6. The SMILES string of the molecule is CCN1CCOCC1O[N+](=O)c1ccccc1C(=O)O. The molecule has 108 valence electrons. The molecule has 1 aliphatic heterocycles. The van der Waals surface area contributed by atoms with Crippen molar-refractivity contribution in [1.82, 2.24) is 4.90 Å². The number of para-hydroxylation sites is 1. The van der Waals surface area contributed by atoms with Crippen molar-refractivity contribution in [2.24, 2.45) is 0 Å². The van der Waals surface area contributed by atoms with Gasteiger partial charge in [-0.1, -0.05) is 19.1 Å². The average Bonchev–Trinajstić information content (AvgIpc) is 2.47. The molecule has 20 heavy (non-hydrogen) atoms. The molecule has 1 heterocycles. The summed E-state index contributed by atoms with van der Waals surface area (Å²) in [6.07, 6.45) is -0.506. The van der Waals surface area contributed by atoms with Crippen molar-refractivity contribution in [2.45, 2.75) is 13.2 Å². The van der Waals surface area contributed by atoms with Gasteiger partial charge in [-0.2, -0.15) is 0 Å². The number of carboxylic acids is 1. The third-order valence-corrected chi connectivity index (χ3v) is 3.15. The normalized spacial score (nSPS) is 19.6. The first kappa shape index (κ1) is 14.4. The van der Waals surface area contributed by atoms with E-state index in [1.165, 1.54) is 12.1 Å². The molecule has 0 amide bonds. The molecule has 7 nitrogen and oxygen atoms in total. The Hall–Kier alpha value is -1.99. The molecule has 0 aromatic heterocycles. The molecule has 2 rings (SSSR count). The zero-order valence-electron chi connectivity index (χ0n) is 11.2. The Kier molecular flexibility index (Phi) is 4.65. The van der Waals surface area contributed by atoms with Crippen LogP contribution in [0.15, 0.2) is 24.3 Å². The van der Waals surface area contributed by atoms with Gasteiger partial charge < -0.3 is 9.84 Å². The predicted molar refractivity (Wildman–Crippen MR) is 69.6 cm³/mol. The van der Waals surface area contributed by atoms with Crippen LogP contribution in [0.2, 0.25) is 0 Å². The highest BCUT2D eigenvalue weighted by atomic mass is 16.8. The van der Waals surface area contributed by atoms with Gasteiger partial charge in [-0.25, -0.2) is 9.63 Å². The fraction of sp³-hybridized carbons (Fsp3) is 0.462. The van der Waals surface area contributed by atoms with E-state index in [2.05, 4.69) is 0 Å². The second kappa shape index (κ2) is 6.44. The topological polar surface area (TPSA) is 79.1 Å². The van der Waals surface area contributed by atoms with Gasteiger partial charge in [0.15, 0.2) is 0 Å². The number of rotatable bonds is 5. The number of carboxylic acid groups (broad SMARTS) is 1. The van der Waals surface area contributed by atoms with Crippen LogP contribution >= 0.6 is 0 Å². The van der Waals surface area contributed by atoms with Crippen molar-refractivity contribution in [1.29, 1.82) is 0 Å². The zero-order chi connectivity index (χ0) is 14.5. The molecule has 0 aliphatic carbocycles. The van der Waals surface area contributed by atoms with E-state index >= 15 is 0 Å². The number of benzene rings is 1. The molecular weight excluding hydrogens is 264 g/mol. The molecule has 1 N–H and O–H groups in total. The van der Waals surface area contributed by atoms with Crippen LogP contribution < -0.4 is 0 Å². The highest BCUT2D eigenvalue weighted by Gasteiger charge is 2.33. The number of nitrogens with zero attached hydrogens (tertiary/aromatic N) is 2. The number of hydrogen-bond acceptors (Lipinski definition) is 5. The Morgan fingerprint density at radius 2 is 2.30 bits per heavy atom. The van der Waals surface area contributed by atoms with Crippen LogP contribution in [-0.4, -0.2) is 53.4 Å². The van der Waals surface area contributed by atoms with Crippen LogP contribution in [-0.2, 0) is 9.57 Å². The highest BCUT2D eigenvalue weighted by molar-refractivity contribution is 5.92. The monoisotopic (exact) mass is 281 g/mol. The van der Waals surface area contributed by atoms with E-state index in [1.807, 2.05) is 11.8 Å². The van der Waals surface area contributed by atoms with Crippen LogP contribution in [0.5, 0.6) is 0 Å². The molecule has 0 bridgehead atoms. The molecule has 1 aliphatic rings. The summed E-state index contributed by atoms with van der Waals surface area (Å²) in [6, 6.07) is 5.92. The van der Waals surface area contributed by atoms with E-state index in [9.17, 15) is 9.70 Å². The lowest BCUT2D eigenvalue weighted by molar-refractivity contribution is -0.764. The minimum atomic E-state index is -1.17. The lowest BCUT2D eigenvalue weighted by Crippen LogP contribution is -2.47. The largest absolute Gasteiger partial charge is 0.477 e. The van der Waals surface area contributed by atoms with Crippen molar-refractivity contribution >= 4 is 11.7 Å². The van der Waals surface area contributed by atoms with Crippen LogP contribution in [0.25, 0.3) is 0 Å². The Bertz CT molecular complexity index is 505. The van der Waals surface area contributed by atoms with Crippen molar-refractivity contribution in [2.75, 3.05) is 26.3 Å². The van der Waals surface area contributed by atoms with E-state index in [0.717, 1.165) is 6.54 Å². The number of morpholine rings is 1. The first-order valence-corrected chi connectivity index (χ1v) is 6.41. The first-order valence-electron chi connectivity index (χ1n) is 6.41. The minimum absolute atomic E-state index is 0.0263. The third kappa shape index (κ3) is 3.12. The van der Waals surface area contributed by atoms with Crippen molar-refractivity contribution in [3.8, 4) is 0 Å². The van der Waals surface area contributed by atoms with Gasteiger partial charge in [0, 0.05) is 12.6 Å². The summed E-state index contributed by atoms with van der Waals surface area (Å²) >= 11 is 0. The van der Waals surface area contributed by atoms with Crippen LogP contribution in [0.3, 0.4) is 0 Å². The molecule has 1 aromatic carbocycles. The maximum atomic E-state index is 12.0. The Balaban J connectivity index is 2.13. The molecule has 1 saturated heterocycles. The first-order chi connectivity index (χ1) is 9.63. The standard InChI is InChI=1S/C13H16N2O5/c1-2-14-7-8-19-9-12(14)20-15(18)11-6-4-3-5-10(11)13(16)17/h3-6,12H,2,7-9H2,1H3/p+1. The molecule has 1 unspecified atom stereocenters. The Morgan fingerprint density at radius 3 is 3.00 bits per heavy atom. The van der Waals surface area contributed by atoms with Crippen molar-refractivity contribution < 1.29 is 24.4 Å². The Morgan fingerprint density at radius 1 is 1.55 bits per heavy atom. The highest BCUT2D eigenvalue weighted by Crippen LogP contribution is 2.20. The maximum Gasteiger partial charge on any atom is 0.342 e. The molecule has 1 atom stereocenters. The smallest absolute Gasteiger partial charge is 0.342 e. The molecule has 0 saturated carbocycles. The summed E-state index contributed by atoms with van der Waals surface area (Å²) in [5.41, 5.74) is -0.121. The second-order valence-electron chi connectivity index (χ2n) is 4.34. The number of carbonyl (C=O) groups is 1. The number of aromatic carboxylic acids is 1. The van der Waals surface area contributed by atoms with E-state index in [1.54, 1.807) is 12.1 Å². The molecule has 1 aromatic rings. The summed E-state index contributed by atoms with van der Waals surface area (Å²) in [5, 5.41) is 9.06. The van der Waals surface area contributed by atoms with Gasteiger partial charge in [0.25, 0.3) is 11.2 Å².